The lowest BCUT2D eigenvalue weighted by atomic mass is 9.76. The average molecular weight is 449 g/mol. The number of piperidine rings is 3. The van der Waals surface area contributed by atoms with Crippen LogP contribution < -0.4 is 5.32 Å². The molecule has 3 aliphatic rings. The number of hydrogen-bond donors (Lipinski definition) is 1. The molecule has 6 heteroatoms. The third-order valence-electron chi connectivity index (χ3n) is 6.79. The van der Waals surface area contributed by atoms with Crippen LogP contribution in [0.15, 0.2) is 48.5 Å². The highest BCUT2D eigenvalue weighted by Gasteiger charge is 2.35. The zero-order valence-corrected chi connectivity index (χ0v) is 19.1. The van der Waals surface area contributed by atoms with Crippen LogP contribution in [0.1, 0.15) is 28.9 Å². The van der Waals surface area contributed by atoms with Crippen molar-refractivity contribution in [1.29, 1.82) is 0 Å². The number of carbonyl (C=O) groups is 2. The first-order chi connectivity index (χ1) is 15.6. The first-order valence-electron chi connectivity index (χ1n) is 11.3. The first-order valence-corrected chi connectivity index (χ1v) is 12.1. The van der Waals surface area contributed by atoms with E-state index >= 15 is 0 Å². The number of nitrogens with one attached hydrogen (secondary N) is 1. The molecule has 0 spiro atoms. The maximum atomic E-state index is 13.2. The molecule has 3 aromatic rings. The lowest BCUT2D eigenvalue weighted by molar-refractivity contribution is -0.119. The zero-order chi connectivity index (χ0) is 22.1. The summed E-state index contributed by atoms with van der Waals surface area (Å²) in [5.41, 5.74) is 2.83. The highest BCUT2D eigenvalue weighted by molar-refractivity contribution is 7.21. The molecule has 0 aliphatic carbocycles. The van der Waals surface area contributed by atoms with Crippen molar-refractivity contribution in [1.82, 2.24) is 4.90 Å². The van der Waals surface area contributed by atoms with E-state index in [9.17, 15) is 9.59 Å². The standard InChI is InChI=1S/C26H28N2O3S/c1-31-16-25(30)27-21-6-2-4-18(12-21)22-7-3-5-19-14-24(32-26(19)22)23(29)13-20-15-28-10-8-17(20)9-11-28/h2-7,12,14,17,20H,8-11,13,15-16H2,1H3,(H,27,30)/t20-/m0/s1. The van der Waals surface area contributed by atoms with Gasteiger partial charge in [0.1, 0.15) is 6.61 Å². The van der Waals surface area contributed by atoms with Crippen LogP contribution in [0.25, 0.3) is 21.2 Å². The Balaban J connectivity index is 1.39. The SMILES string of the molecule is COCC(=O)Nc1cccc(-c2cccc3cc(C(=O)C[C@H]4CN5CCC4CC5)sc23)c1. The molecule has 4 heterocycles. The fraction of sp³-hybridized carbons (Fsp3) is 0.385. The van der Waals surface area contributed by atoms with Gasteiger partial charge < -0.3 is 15.0 Å². The second-order valence-corrected chi connectivity index (χ2v) is 9.97. The lowest BCUT2D eigenvalue weighted by Gasteiger charge is -2.44. The molecule has 2 aromatic carbocycles. The number of thiophene rings is 1. The molecule has 32 heavy (non-hydrogen) atoms. The van der Waals surface area contributed by atoms with Crippen LogP contribution in [0.2, 0.25) is 0 Å². The quantitative estimate of drug-likeness (QED) is 0.513. The van der Waals surface area contributed by atoms with Gasteiger partial charge in [-0.25, -0.2) is 0 Å². The Kier molecular flexibility index (Phi) is 6.09. The largest absolute Gasteiger partial charge is 0.375 e. The molecule has 5 nitrogen and oxygen atoms in total. The third-order valence-corrected chi connectivity index (χ3v) is 8.02. The molecule has 3 fully saturated rings. The van der Waals surface area contributed by atoms with Crippen LogP contribution in [-0.2, 0) is 9.53 Å². The minimum atomic E-state index is -0.181. The van der Waals surface area contributed by atoms with E-state index in [1.807, 2.05) is 30.3 Å². The molecule has 2 bridgehead atoms. The summed E-state index contributed by atoms with van der Waals surface area (Å²) >= 11 is 1.59. The average Bonchev–Trinajstić information content (AvgIpc) is 3.25. The molecular weight excluding hydrogens is 420 g/mol. The van der Waals surface area contributed by atoms with Crippen molar-refractivity contribution in [3.05, 3.63) is 53.4 Å². The number of rotatable bonds is 7. The van der Waals surface area contributed by atoms with Crippen molar-refractivity contribution >= 4 is 38.8 Å². The number of anilines is 1. The van der Waals surface area contributed by atoms with Gasteiger partial charge in [-0.15, -0.1) is 11.3 Å². The predicted molar refractivity (Wildman–Crippen MR) is 129 cm³/mol. The van der Waals surface area contributed by atoms with Crippen molar-refractivity contribution in [2.24, 2.45) is 11.8 Å². The van der Waals surface area contributed by atoms with Gasteiger partial charge in [0.15, 0.2) is 5.78 Å². The van der Waals surface area contributed by atoms with Crippen LogP contribution in [0.3, 0.4) is 0 Å². The van der Waals surface area contributed by atoms with Crippen LogP contribution in [0, 0.1) is 11.8 Å². The minimum Gasteiger partial charge on any atom is -0.375 e. The molecule has 1 amide bonds. The molecule has 6 rings (SSSR count). The molecular formula is C26H28N2O3S. The number of carbonyl (C=O) groups excluding carboxylic acids is 2. The summed E-state index contributed by atoms with van der Waals surface area (Å²) in [7, 11) is 1.50. The fourth-order valence-corrected chi connectivity index (χ4v) is 6.32. The van der Waals surface area contributed by atoms with Gasteiger partial charge in [-0.2, -0.15) is 0 Å². The monoisotopic (exact) mass is 448 g/mol. The van der Waals surface area contributed by atoms with E-state index in [4.69, 9.17) is 4.74 Å². The number of Topliss-reactive ketones (excluding diaryl/α,β-unsaturated/α-hetero) is 1. The number of methoxy groups -OCH3 is 1. The Hall–Kier alpha value is -2.54. The van der Waals surface area contributed by atoms with Gasteiger partial charge >= 0.3 is 0 Å². The van der Waals surface area contributed by atoms with E-state index in [2.05, 4.69) is 28.4 Å². The molecule has 0 saturated carbocycles. The van der Waals surface area contributed by atoms with E-state index in [0.717, 1.165) is 38.3 Å². The fourth-order valence-electron chi connectivity index (χ4n) is 5.18. The van der Waals surface area contributed by atoms with Gasteiger partial charge in [0.05, 0.1) is 4.88 Å². The highest BCUT2D eigenvalue weighted by atomic mass is 32.1. The Labute approximate surface area is 192 Å². The summed E-state index contributed by atoms with van der Waals surface area (Å²) in [6.45, 7) is 3.50. The van der Waals surface area contributed by atoms with Crippen LogP contribution in [0.5, 0.6) is 0 Å². The molecule has 0 unspecified atom stereocenters. The maximum absolute atomic E-state index is 13.2. The van der Waals surface area contributed by atoms with Crippen molar-refractivity contribution in [2.45, 2.75) is 19.3 Å². The van der Waals surface area contributed by atoms with Crippen molar-refractivity contribution in [2.75, 3.05) is 38.7 Å². The topological polar surface area (TPSA) is 58.6 Å². The molecule has 166 valence electrons. The molecule has 1 atom stereocenters. The van der Waals surface area contributed by atoms with Gasteiger partial charge in [0.25, 0.3) is 0 Å². The summed E-state index contributed by atoms with van der Waals surface area (Å²) in [6.07, 6.45) is 3.14. The lowest BCUT2D eigenvalue weighted by Crippen LogP contribution is -2.47. The van der Waals surface area contributed by atoms with Gasteiger partial charge in [-0.3, -0.25) is 9.59 Å². The van der Waals surface area contributed by atoms with E-state index < -0.39 is 0 Å². The Bertz CT molecular complexity index is 1150. The maximum Gasteiger partial charge on any atom is 0.250 e. The summed E-state index contributed by atoms with van der Waals surface area (Å²) in [6, 6.07) is 16.0. The number of ketones is 1. The number of amides is 1. The van der Waals surface area contributed by atoms with Crippen LogP contribution in [-0.4, -0.2) is 49.9 Å². The van der Waals surface area contributed by atoms with Gasteiger partial charge in [-0.1, -0.05) is 30.3 Å². The predicted octanol–water partition coefficient (Wildman–Crippen LogP) is 5.07. The third kappa shape index (κ3) is 4.35. The number of benzene rings is 2. The van der Waals surface area contributed by atoms with E-state index in [-0.39, 0.29) is 18.3 Å². The summed E-state index contributed by atoms with van der Waals surface area (Å²) in [4.78, 5) is 28.4. The second-order valence-electron chi connectivity index (χ2n) is 8.92. The van der Waals surface area contributed by atoms with Crippen LogP contribution in [0.4, 0.5) is 5.69 Å². The smallest absolute Gasteiger partial charge is 0.250 e. The Morgan fingerprint density at radius 2 is 1.94 bits per heavy atom. The van der Waals surface area contributed by atoms with E-state index in [1.165, 1.54) is 33.0 Å². The number of hydrogen-bond acceptors (Lipinski definition) is 5. The summed E-state index contributed by atoms with van der Waals surface area (Å²) in [5, 5.41) is 3.96. The Morgan fingerprint density at radius 3 is 2.69 bits per heavy atom. The summed E-state index contributed by atoms with van der Waals surface area (Å²) in [5.74, 6) is 1.31. The molecule has 3 saturated heterocycles. The van der Waals surface area contributed by atoms with Crippen molar-refractivity contribution in [3.8, 4) is 11.1 Å². The van der Waals surface area contributed by atoms with Gasteiger partial charge in [-0.05, 0) is 72.5 Å². The number of fused-ring (bicyclic) bond motifs is 4. The van der Waals surface area contributed by atoms with Gasteiger partial charge in [0, 0.05) is 30.5 Å². The normalized spacial score (nSPS) is 22.2. The van der Waals surface area contributed by atoms with Gasteiger partial charge in [0.2, 0.25) is 5.91 Å². The highest BCUT2D eigenvalue weighted by Crippen LogP contribution is 2.38. The van der Waals surface area contributed by atoms with E-state index in [0.29, 0.717) is 18.3 Å². The molecule has 0 radical (unpaired) electrons. The van der Waals surface area contributed by atoms with Crippen molar-refractivity contribution < 1.29 is 14.3 Å². The molecule has 3 aliphatic heterocycles. The molecule has 1 N–H and O–H groups in total. The van der Waals surface area contributed by atoms with Crippen molar-refractivity contribution in [3.63, 3.8) is 0 Å². The second kappa shape index (κ2) is 9.14. The summed E-state index contributed by atoms with van der Waals surface area (Å²) < 4.78 is 6.01. The molecule has 1 aromatic heterocycles. The van der Waals surface area contributed by atoms with Crippen LogP contribution >= 0.6 is 11.3 Å². The Morgan fingerprint density at radius 1 is 1.12 bits per heavy atom. The van der Waals surface area contributed by atoms with E-state index in [1.54, 1.807) is 11.3 Å². The zero-order valence-electron chi connectivity index (χ0n) is 18.3. The number of ether oxygens (including phenoxy) is 1. The first kappa shape index (κ1) is 21.3. The minimum absolute atomic E-state index is 0.0236. The number of nitrogens with zero attached hydrogens (tertiary/aromatic N) is 1.